The van der Waals surface area contributed by atoms with Crippen LogP contribution in [0.2, 0.25) is 0 Å². The van der Waals surface area contributed by atoms with E-state index in [9.17, 15) is 0 Å². The molecule has 1 fully saturated rings. The summed E-state index contributed by atoms with van der Waals surface area (Å²) in [7, 11) is 0. The Morgan fingerprint density at radius 1 is 1.75 bits per heavy atom. The van der Waals surface area contributed by atoms with Crippen LogP contribution in [-0.2, 0) is 4.74 Å². The Balaban J connectivity index is 2.13. The first-order chi connectivity index (χ1) is 3.93. The Bertz CT molecular complexity index is 61.4. The average molecular weight is 116 g/mol. The van der Waals surface area contributed by atoms with Crippen molar-refractivity contribution in [2.24, 2.45) is 5.73 Å². The molecule has 0 aromatic heterocycles. The predicted molar refractivity (Wildman–Crippen MR) is 31.7 cm³/mol. The highest BCUT2D eigenvalue weighted by Crippen LogP contribution is 1.88. The van der Waals surface area contributed by atoms with Gasteiger partial charge in [-0.15, -0.1) is 0 Å². The monoisotopic (exact) mass is 116 g/mol. The van der Waals surface area contributed by atoms with Gasteiger partial charge >= 0.3 is 0 Å². The van der Waals surface area contributed by atoms with Gasteiger partial charge in [-0.2, -0.15) is 0 Å². The molecule has 8 heavy (non-hydrogen) atoms. The Labute approximate surface area is 49.2 Å². The van der Waals surface area contributed by atoms with E-state index in [1.54, 1.807) is 0 Å². The van der Waals surface area contributed by atoms with Crippen LogP contribution in [0, 0.1) is 0 Å². The summed E-state index contributed by atoms with van der Waals surface area (Å²) in [5.41, 5.74) is 5.36. The van der Waals surface area contributed by atoms with Gasteiger partial charge in [-0.3, -0.25) is 0 Å². The summed E-state index contributed by atoms with van der Waals surface area (Å²) in [6.45, 7) is 3.23. The minimum absolute atomic E-state index is 0.392. The van der Waals surface area contributed by atoms with Crippen LogP contribution < -0.4 is 11.1 Å². The van der Waals surface area contributed by atoms with Gasteiger partial charge in [-0.05, 0) is 0 Å². The smallest absolute Gasteiger partial charge is 0.0632 e. The number of hydrogen-bond acceptors (Lipinski definition) is 3. The fourth-order valence-corrected chi connectivity index (χ4v) is 0.771. The third-order valence-corrected chi connectivity index (χ3v) is 1.28. The number of nitrogens with one attached hydrogen (secondary N) is 1. The summed E-state index contributed by atoms with van der Waals surface area (Å²) in [6.07, 6.45) is 0. The Hall–Kier alpha value is -0.120. The predicted octanol–water partition coefficient (Wildman–Crippen LogP) is -1.07. The molecule has 1 saturated heterocycles. The minimum Gasteiger partial charge on any atom is -0.378 e. The second-order valence-corrected chi connectivity index (χ2v) is 1.96. The molecule has 3 N–H and O–H groups in total. The molecule has 1 heterocycles. The third kappa shape index (κ3) is 1.43. The molecular weight excluding hydrogens is 104 g/mol. The van der Waals surface area contributed by atoms with E-state index in [1.165, 1.54) is 0 Å². The third-order valence-electron chi connectivity index (χ3n) is 1.28. The Morgan fingerprint density at radius 2 is 2.62 bits per heavy atom. The van der Waals surface area contributed by atoms with E-state index in [0.29, 0.717) is 12.6 Å². The standard InChI is InChI=1S/C5H12N2O/c6-3-5-4-8-2-1-7-5/h5,7H,1-4,6H2. The van der Waals surface area contributed by atoms with Crippen molar-refractivity contribution in [3.05, 3.63) is 0 Å². The van der Waals surface area contributed by atoms with E-state index < -0.39 is 0 Å². The van der Waals surface area contributed by atoms with Crippen LogP contribution in [0.5, 0.6) is 0 Å². The van der Waals surface area contributed by atoms with Crippen molar-refractivity contribution in [3.63, 3.8) is 0 Å². The molecule has 0 bridgehead atoms. The van der Waals surface area contributed by atoms with Crippen molar-refractivity contribution in [2.75, 3.05) is 26.3 Å². The van der Waals surface area contributed by atoms with Crippen LogP contribution >= 0.6 is 0 Å². The fraction of sp³-hybridized carbons (Fsp3) is 1.00. The maximum absolute atomic E-state index is 5.36. The van der Waals surface area contributed by atoms with Gasteiger partial charge in [0.15, 0.2) is 0 Å². The first-order valence-corrected chi connectivity index (χ1v) is 2.94. The van der Waals surface area contributed by atoms with E-state index in [4.69, 9.17) is 10.5 Å². The zero-order valence-electron chi connectivity index (χ0n) is 4.89. The van der Waals surface area contributed by atoms with Crippen molar-refractivity contribution >= 4 is 0 Å². The summed E-state index contributed by atoms with van der Waals surface area (Å²) in [4.78, 5) is 0. The second kappa shape index (κ2) is 3.02. The summed E-state index contributed by atoms with van der Waals surface area (Å²) in [5, 5.41) is 3.22. The highest BCUT2D eigenvalue weighted by Gasteiger charge is 2.08. The van der Waals surface area contributed by atoms with Crippen molar-refractivity contribution < 1.29 is 4.74 Å². The molecule has 3 heteroatoms. The zero-order chi connectivity index (χ0) is 5.82. The summed E-state index contributed by atoms with van der Waals surface area (Å²) < 4.78 is 5.13. The average Bonchev–Trinajstić information content (AvgIpc) is 1.90. The Morgan fingerprint density at radius 3 is 3.00 bits per heavy atom. The maximum Gasteiger partial charge on any atom is 0.0632 e. The van der Waals surface area contributed by atoms with Gasteiger partial charge < -0.3 is 15.8 Å². The fourth-order valence-electron chi connectivity index (χ4n) is 0.771. The van der Waals surface area contributed by atoms with Crippen molar-refractivity contribution in [1.29, 1.82) is 0 Å². The van der Waals surface area contributed by atoms with E-state index in [0.717, 1.165) is 19.8 Å². The zero-order valence-corrected chi connectivity index (χ0v) is 4.89. The number of hydrogen-bond donors (Lipinski definition) is 2. The molecule has 0 radical (unpaired) electrons. The van der Waals surface area contributed by atoms with Crippen molar-refractivity contribution in [3.8, 4) is 0 Å². The lowest BCUT2D eigenvalue weighted by atomic mass is 10.3. The van der Waals surface area contributed by atoms with Gasteiger partial charge in [0, 0.05) is 19.1 Å². The van der Waals surface area contributed by atoms with Crippen LogP contribution in [0.15, 0.2) is 0 Å². The van der Waals surface area contributed by atoms with Gasteiger partial charge in [0.05, 0.1) is 13.2 Å². The van der Waals surface area contributed by atoms with Crippen LogP contribution in [0.4, 0.5) is 0 Å². The molecule has 0 saturated carbocycles. The SMILES string of the molecule is NCC1COCCN1. The van der Waals surface area contributed by atoms with Gasteiger partial charge in [0.2, 0.25) is 0 Å². The van der Waals surface area contributed by atoms with E-state index in [-0.39, 0.29) is 0 Å². The molecule has 1 unspecified atom stereocenters. The largest absolute Gasteiger partial charge is 0.378 e. The molecule has 1 aliphatic rings. The molecule has 48 valence electrons. The summed E-state index contributed by atoms with van der Waals surface area (Å²) in [6, 6.07) is 0.392. The number of morpholine rings is 1. The summed E-state index contributed by atoms with van der Waals surface area (Å²) >= 11 is 0. The van der Waals surface area contributed by atoms with E-state index in [1.807, 2.05) is 0 Å². The second-order valence-electron chi connectivity index (χ2n) is 1.96. The van der Waals surface area contributed by atoms with Crippen LogP contribution in [0.25, 0.3) is 0 Å². The van der Waals surface area contributed by atoms with Gasteiger partial charge in [-0.25, -0.2) is 0 Å². The number of ether oxygens (including phenoxy) is 1. The van der Waals surface area contributed by atoms with Crippen LogP contribution in [-0.4, -0.2) is 32.3 Å². The molecule has 0 aromatic rings. The normalized spacial score (nSPS) is 30.4. The number of nitrogens with two attached hydrogens (primary N) is 1. The van der Waals surface area contributed by atoms with Crippen molar-refractivity contribution in [1.82, 2.24) is 5.32 Å². The molecule has 3 nitrogen and oxygen atoms in total. The van der Waals surface area contributed by atoms with Gasteiger partial charge in [-0.1, -0.05) is 0 Å². The van der Waals surface area contributed by atoms with Gasteiger partial charge in [0.25, 0.3) is 0 Å². The summed E-state index contributed by atoms with van der Waals surface area (Å²) in [5.74, 6) is 0. The molecule has 0 amide bonds. The molecule has 0 aliphatic carbocycles. The number of rotatable bonds is 1. The lowest BCUT2D eigenvalue weighted by Gasteiger charge is -2.21. The topological polar surface area (TPSA) is 47.3 Å². The molecule has 0 aromatic carbocycles. The lowest BCUT2D eigenvalue weighted by Crippen LogP contribution is -2.45. The first kappa shape index (κ1) is 6.01. The molecule has 1 aliphatic heterocycles. The van der Waals surface area contributed by atoms with Gasteiger partial charge in [0.1, 0.15) is 0 Å². The Kier molecular flexibility index (Phi) is 2.27. The highest BCUT2D eigenvalue weighted by atomic mass is 16.5. The van der Waals surface area contributed by atoms with Crippen LogP contribution in [0.3, 0.4) is 0 Å². The lowest BCUT2D eigenvalue weighted by molar-refractivity contribution is 0.0794. The van der Waals surface area contributed by atoms with Crippen LogP contribution in [0.1, 0.15) is 0 Å². The van der Waals surface area contributed by atoms with E-state index >= 15 is 0 Å². The molecule has 1 rings (SSSR count). The molecule has 1 atom stereocenters. The van der Waals surface area contributed by atoms with E-state index in [2.05, 4.69) is 5.32 Å². The molecule has 0 spiro atoms. The van der Waals surface area contributed by atoms with Crippen molar-refractivity contribution in [2.45, 2.75) is 6.04 Å². The molecular formula is C5H12N2O. The highest BCUT2D eigenvalue weighted by molar-refractivity contribution is 4.69. The first-order valence-electron chi connectivity index (χ1n) is 2.94. The quantitative estimate of drug-likeness (QED) is 0.459. The minimum atomic E-state index is 0.392. The maximum atomic E-state index is 5.36.